The van der Waals surface area contributed by atoms with E-state index in [0.29, 0.717) is 25.4 Å². The summed E-state index contributed by atoms with van der Waals surface area (Å²) in [5.74, 6) is 0.0643. The monoisotopic (exact) mass is 279 g/mol. The van der Waals surface area contributed by atoms with E-state index in [0.717, 1.165) is 11.4 Å². The molecule has 1 aliphatic rings. The number of hydrogen-bond donors (Lipinski definition) is 4. The number of nitrogens with zero attached hydrogens (tertiary/aromatic N) is 1. The molecule has 7 nitrogen and oxygen atoms in total. The molecule has 4 N–H and O–H groups in total. The lowest BCUT2D eigenvalue weighted by molar-refractivity contribution is -0.127. The first-order chi connectivity index (χ1) is 9.56. The van der Waals surface area contributed by atoms with Gasteiger partial charge in [-0.15, -0.1) is 0 Å². The standard InChI is InChI=1S/C13H21N5O2/c1-8(2)4-15-12(19)6-16-13(20)10-3-9-11(5-14-10)18-7-17-9/h7-8,10,14H,3-6H2,1-2H3,(H,15,19)(H,16,20)(H,17,18). The van der Waals surface area contributed by atoms with Crippen LogP contribution < -0.4 is 16.0 Å². The molecule has 1 atom stereocenters. The van der Waals surface area contributed by atoms with E-state index >= 15 is 0 Å². The zero-order valence-electron chi connectivity index (χ0n) is 11.8. The quantitative estimate of drug-likeness (QED) is 0.573. The Morgan fingerprint density at radius 3 is 3.00 bits per heavy atom. The fraction of sp³-hybridized carbons (Fsp3) is 0.615. The molecular formula is C13H21N5O2. The second-order valence-corrected chi connectivity index (χ2v) is 5.38. The minimum atomic E-state index is -0.330. The van der Waals surface area contributed by atoms with Crippen LogP contribution >= 0.6 is 0 Å². The molecule has 0 aromatic carbocycles. The van der Waals surface area contributed by atoms with Crippen molar-refractivity contribution in [3.8, 4) is 0 Å². The van der Waals surface area contributed by atoms with Crippen LogP contribution in [0.15, 0.2) is 6.33 Å². The number of nitrogens with one attached hydrogen (secondary N) is 4. The molecule has 0 aliphatic carbocycles. The summed E-state index contributed by atoms with van der Waals surface area (Å²) in [5, 5.41) is 8.53. The maximum absolute atomic E-state index is 12.0. The molecule has 2 amide bonds. The highest BCUT2D eigenvalue weighted by Crippen LogP contribution is 2.11. The van der Waals surface area contributed by atoms with Crippen LogP contribution in [0, 0.1) is 5.92 Å². The summed E-state index contributed by atoms with van der Waals surface area (Å²) in [5.41, 5.74) is 1.93. The molecule has 1 unspecified atom stereocenters. The van der Waals surface area contributed by atoms with Crippen LogP contribution in [0.25, 0.3) is 0 Å². The highest BCUT2D eigenvalue weighted by atomic mass is 16.2. The highest BCUT2D eigenvalue weighted by molar-refractivity contribution is 5.87. The van der Waals surface area contributed by atoms with Gasteiger partial charge < -0.3 is 15.6 Å². The van der Waals surface area contributed by atoms with Crippen molar-refractivity contribution in [1.29, 1.82) is 0 Å². The summed E-state index contributed by atoms with van der Waals surface area (Å²) >= 11 is 0. The van der Waals surface area contributed by atoms with Gasteiger partial charge in [-0.3, -0.25) is 14.9 Å². The van der Waals surface area contributed by atoms with Crippen molar-refractivity contribution in [2.24, 2.45) is 5.92 Å². The summed E-state index contributed by atoms with van der Waals surface area (Å²) < 4.78 is 0. The summed E-state index contributed by atoms with van der Waals surface area (Å²) in [6.45, 7) is 5.26. The second-order valence-electron chi connectivity index (χ2n) is 5.38. The van der Waals surface area contributed by atoms with Gasteiger partial charge in [-0.1, -0.05) is 13.8 Å². The van der Waals surface area contributed by atoms with Gasteiger partial charge in [0.2, 0.25) is 11.8 Å². The van der Waals surface area contributed by atoms with Crippen LogP contribution in [0.2, 0.25) is 0 Å². The van der Waals surface area contributed by atoms with E-state index in [9.17, 15) is 9.59 Å². The highest BCUT2D eigenvalue weighted by Gasteiger charge is 2.25. The Balaban J connectivity index is 1.74. The van der Waals surface area contributed by atoms with Crippen LogP contribution in [0.3, 0.4) is 0 Å². The fourth-order valence-electron chi connectivity index (χ4n) is 2.03. The largest absolute Gasteiger partial charge is 0.354 e. The Labute approximate surface area is 117 Å². The first-order valence-corrected chi connectivity index (χ1v) is 6.85. The number of fused-ring (bicyclic) bond motifs is 1. The van der Waals surface area contributed by atoms with Gasteiger partial charge in [0.15, 0.2) is 0 Å². The van der Waals surface area contributed by atoms with E-state index in [2.05, 4.69) is 25.9 Å². The summed E-state index contributed by atoms with van der Waals surface area (Å²) in [4.78, 5) is 30.7. The van der Waals surface area contributed by atoms with Gasteiger partial charge in [0, 0.05) is 19.5 Å². The first-order valence-electron chi connectivity index (χ1n) is 6.85. The number of hydrogen-bond acceptors (Lipinski definition) is 4. The third kappa shape index (κ3) is 3.80. The van der Waals surface area contributed by atoms with Crippen molar-refractivity contribution in [3.05, 3.63) is 17.7 Å². The number of imidazole rings is 1. The lowest BCUT2D eigenvalue weighted by Crippen LogP contribution is -2.50. The summed E-state index contributed by atoms with van der Waals surface area (Å²) in [6.07, 6.45) is 2.17. The second kappa shape index (κ2) is 6.51. The van der Waals surface area contributed by atoms with Crippen molar-refractivity contribution >= 4 is 11.8 Å². The molecule has 0 saturated heterocycles. The molecule has 2 rings (SSSR count). The van der Waals surface area contributed by atoms with Crippen LogP contribution in [0.5, 0.6) is 0 Å². The number of aromatic amines is 1. The Bertz CT molecular complexity index is 483. The Hall–Kier alpha value is -1.89. The topological polar surface area (TPSA) is 98.9 Å². The van der Waals surface area contributed by atoms with Crippen LogP contribution in [0.4, 0.5) is 0 Å². The number of carbonyl (C=O) groups excluding carboxylic acids is 2. The Morgan fingerprint density at radius 1 is 1.45 bits per heavy atom. The fourth-order valence-corrected chi connectivity index (χ4v) is 2.03. The Kier molecular flexibility index (Phi) is 4.73. The average molecular weight is 279 g/mol. The number of rotatable bonds is 5. The zero-order chi connectivity index (χ0) is 14.5. The molecule has 2 heterocycles. The van der Waals surface area contributed by atoms with Gasteiger partial charge in [0.1, 0.15) is 0 Å². The van der Waals surface area contributed by atoms with Crippen LogP contribution in [-0.2, 0) is 22.6 Å². The number of amides is 2. The molecular weight excluding hydrogens is 258 g/mol. The molecule has 7 heteroatoms. The van der Waals surface area contributed by atoms with Gasteiger partial charge in [0.05, 0.1) is 30.3 Å². The van der Waals surface area contributed by atoms with Gasteiger partial charge in [0.25, 0.3) is 0 Å². The van der Waals surface area contributed by atoms with Gasteiger partial charge in [-0.25, -0.2) is 4.98 Å². The molecule has 0 radical (unpaired) electrons. The van der Waals surface area contributed by atoms with Crippen molar-refractivity contribution in [2.45, 2.75) is 32.9 Å². The third-order valence-corrected chi connectivity index (χ3v) is 3.18. The van der Waals surface area contributed by atoms with E-state index in [1.807, 2.05) is 13.8 Å². The maximum Gasteiger partial charge on any atom is 0.239 e. The predicted octanol–water partition coefficient (Wildman–Crippen LogP) is -0.688. The molecule has 110 valence electrons. The third-order valence-electron chi connectivity index (χ3n) is 3.18. The minimum Gasteiger partial charge on any atom is -0.354 e. The van der Waals surface area contributed by atoms with Crippen molar-refractivity contribution in [2.75, 3.05) is 13.1 Å². The van der Waals surface area contributed by atoms with E-state index in [1.165, 1.54) is 0 Å². The van der Waals surface area contributed by atoms with Crippen molar-refractivity contribution < 1.29 is 9.59 Å². The SMILES string of the molecule is CC(C)CNC(=O)CNC(=O)C1Cc2nc[nH]c2CN1. The van der Waals surface area contributed by atoms with Crippen molar-refractivity contribution in [1.82, 2.24) is 25.9 Å². The molecule has 1 aromatic heterocycles. The lowest BCUT2D eigenvalue weighted by Gasteiger charge is -2.22. The van der Waals surface area contributed by atoms with Crippen LogP contribution in [-0.4, -0.2) is 40.9 Å². The van der Waals surface area contributed by atoms with E-state index in [4.69, 9.17) is 0 Å². The molecule has 0 spiro atoms. The van der Waals surface area contributed by atoms with Gasteiger partial charge >= 0.3 is 0 Å². The number of H-pyrrole nitrogens is 1. The number of aromatic nitrogens is 2. The zero-order valence-corrected chi connectivity index (χ0v) is 11.8. The minimum absolute atomic E-state index is 0.0111. The normalized spacial score (nSPS) is 17.6. The first kappa shape index (κ1) is 14.5. The number of carbonyl (C=O) groups is 2. The molecule has 1 aliphatic heterocycles. The summed E-state index contributed by atoms with van der Waals surface area (Å²) in [7, 11) is 0. The average Bonchev–Trinajstić information content (AvgIpc) is 2.89. The van der Waals surface area contributed by atoms with Gasteiger partial charge in [-0.05, 0) is 5.92 Å². The van der Waals surface area contributed by atoms with Crippen LogP contribution in [0.1, 0.15) is 25.2 Å². The molecule has 20 heavy (non-hydrogen) atoms. The van der Waals surface area contributed by atoms with E-state index in [-0.39, 0.29) is 24.4 Å². The maximum atomic E-state index is 12.0. The summed E-state index contributed by atoms with van der Waals surface area (Å²) in [6, 6.07) is -0.330. The van der Waals surface area contributed by atoms with E-state index < -0.39 is 0 Å². The molecule has 1 aromatic rings. The van der Waals surface area contributed by atoms with Gasteiger partial charge in [-0.2, -0.15) is 0 Å². The molecule has 0 bridgehead atoms. The predicted molar refractivity (Wildman–Crippen MR) is 73.8 cm³/mol. The molecule has 0 saturated carbocycles. The smallest absolute Gasteiger partial charge is 0.239 e. The lowest BCUT2D eigenvalue weighted by atomic mass is 10.0. The van der Waals surface area contributed by atoms with E-state index in [1.54, 1.807) is 6.33 Å². The molecule has 0 fully saturated rings. The van der Waals surface area contributed by atoms with Crippen molar-refractivity contribution in [3.63, 3.8) is 0 Å². The Morgan fingerprint density at radius 2 is 2.25 bits per heavy atom.